The summed E-state index contributed by atoms with van der Waals surface area (Å²) >= 11 is 0. The average molecular weight is 247 g/mol. The van der Waals surface area contributed by atoms with E-state index in [0.717, 1.165) is 30.9 Å². The Hall–Kier alpha value is -1.02. The molecule has 0 aromatic heterocycles. The van der Waals surface area contributed by atoms with E-state index >= 15 is 0 Å². The summed E-state index contributed by atoms with van der Waals surface area (Å²) < 4.78 is 5.46. The van der Waals surface area contributed by atoms with Gasteiger partial charge in [0.15, 0.2) is 0 Å². The fourth-order valence-corrected chi connectivity index (χ4v) is 2.51. The van der Waals surface area contributed by atoms with Crippen molar-refractivity contribution in [2.24, 2.45) is 5.92 Å². The number of hydrogen-bond acceptors (Lipinski definition) is 2. The second kappa shape index (κ2) is 6.79. The van der Waals surface area contributed by atoms with Gasteiger partial charge in [-0.2, -0.15) is 0 Å². The molecule has 1 atom stereocenters. The van der Waals surface area contributed by atoms with Gasteiger partial charge in [-0.3, -0.25) is 0 Å². The summed E-state index contributed by atoms with van der Waals surface area (Å²) in [6, 6.07) is 9.28. The first-order valence-corrected chi connectivity index (χ1v) is 7.28. The quantitative estimate of drug-likeness (QED) is 0.760. The molecule has 0 spiro atoms. The number of benzene rings is 1. The molecule has 2 nitrogen and oxygen atoms in total. The van der Waals surface area contributed by atoms with E-state index in [1.807, 2.05) is 6.92 Å². The lowest BCUT2D eigenvalue weighted by molar-refractivity contribution is 0.340. The third kappa shape index (κ3) is 4.02. The van der Waals surface area contributed by atoms with E-state index < -0.39 is 0 Å². The van der Waals surface area contributed by atoms with Crippen LogP contribution in [-0.2, 0) is 6.42 Å². The van der Waals surface area contributed by atoms with Crippen molar-refractivity contribution in [2.45, 2.75) is 45.6 Å². The third-order valence-corrected chi connectivity index (χ3v) is 3.64. The molecule has 1 aliphatic rings. The van der Waals surface area contributed by atoms with E-state index in [0.29, 0.717) is 0 Å². The van der Waals surface area contributed by atoms with Gasteiger partial charge in [0.2, 0.25) is 0 Å². The minimum atomic E-state index is 0.724. The second-order valence-corrected chi connectivity index (χ2v) is 5.12. The van der Waals surface area contributed by atoms with Crippen LogP contribution in [0.15, 0.2) is 24.3 Å². The smallest absolute Gasteiger partial charge is 0.119 e. The van der Waals surface area contributed by atoms with E-state index in [-0.39, 0.29) is 0 Å². The number of ether oxygens (including phenoxy) is 1. The average Bonchev–Trinajstić information content (AvgIpc) is 3.21. The van der Waals surface area contributed by atoms with Crippen molar-refractivity contribution in [3.8, 4) is 5.75 Å². The lowest BCUT2D eigenvalue weighted by atomic mass is 10.0. The minimum Gasteiger partial charge on any atom is -0.494 e. The second-order valence-electron chi connectivity index (χ2n) is 5.12. The van der Waals surface area contributed by atoms with E-state index in [4.69, 9.17) is 4.74 Å². The standard InChI is InChI=1S/C16H25NO/c1-3-17-16(14-8-9-14)12-7-13-5-10-15(11-6-13)18-4-2/h5-6,10-11,14,16-17H,3-4,7-9,12H2,1-2H3. The summed E-state index contributed by atoms with van der Waals surface area (Å²) in [7, 11) is 0. The van der Waals surface area contributed by atoms with Crippen LogP contribution >= 0.6 is 0 Å². The predicted octanol–water partition coefficient (Wildman–Crippen LogP) is 3.41. The first kappa shape index (κ1) is 13.4. The molecule has 0 aliphatic heterocycles. The molecule has 2 rings (SSSR count). The number of rotatable bonds is 8. The molecule has 1 N–H and O–H groups in total. The highest BCUT2D eigenvalue weighted by Crippen LogP contribution is 2.34. The fourth-order valence-electron chi connectivity index (χ4n) is 2.51. The number of hydrogen-bond donors (Lipinski definition) is 1. The Balaban J connectivity index is 1.81. The molecule has 100 valence electrons. The molecule has 1 aliphatic carbocycles. The number of aryl methyl sites for hydroxylation is 1. The monoisotopic (exact) mass is 247 g/mol. The molecule has 2 heteroatoms. The Morgan fingerprint density at radius 3 is 2.50 bits per heavy atom. The third-order valence-electron chi connectivity index (χ3n) is 3.64. The van der Waals surface area contributed by atoms with Gasteiger partial charge in [0.25, 0.3) is 0 Å². The van der Waals surface area contributed by atoms with Crippen molar-refractivity contribution in [1.82, 2.24) is 5.32 Å². The van der Waals surface area contributed by atoms with E-state index in [1.165, 1.54) is 31.2 Å². The largest absolute Gasteiger partial charge is 0.494 e. The molecule has 0 radical (unpaired) electrons. The minimum absolute atomic E-state index is 0.724. The molecule has 18 heavy (non-hydrogen) atoms. The summed E-state index contributed by atoms with van der Waals surface area (Å²) in [5.74, 6) is 1.92. The van der Waals surface area contributed by atoms with Gasteiger partial charge in [-0.1, -0.05) is 19.1 Å². The lowest BCUT2D eigenvalue weighted by Gasteiger charge is -2.17. The van der Waals surface area contributed by atoms with Gasteiger partial charge in [-0.05, 0) is 62.8 Å². The lowest BCUT2D eigenvalue weighted by Crippen LogP contribution is -2.31. The molecule has 0 bridgehead atoms. The topological polar surface area (TPSA) is 21.3 Å². The van der Waals surface area contributed by atoms with Gasteiger partial charge in [0, 0.05) is 6.04 Å². The van der Waals surface area contributed by atoms with Crippen molar-refractivity contribution in [3.63, 3.8) is 0 Å². The van der Waals surface area contributed by atoms with Crippen LogP contribution in [0.3, 0.4) is 0 Å². The maximum Gasteiger partial charge on any atom is 0.119 e. The fraction of sp³-hybridized carbons (Fsp3) is 0.625. The van der Waals surface area contributed by atoms with E-state index in [9.17, 15) is 0 Å². The summed E-state index contributed by atoms with van der Waals surface area (Å²) in [5, 5.41) is 3.62. The first-order valence-electron chi connectivity index (χ1n) is 7.28. The zero-order chi connectivity index (χ0) is 12.8. The Kier molecular flexibility index (Phi) is 5.06. The molecular formula is C16H25NO. The Labute approximate surface area is 111 Å². The summed E-state index contributed by atoms with van der Waals surface area (Å²) in [6.45, 7) is 6.05. The van der Waals surface area contributed by atoms with Gasteiger partial charge in [0.05, 0.1) is 6.61 Å². The molecule has 1 unspecified atom stereocenters. The van der Waals surface area contributed by atoms with Gasteiger partial charge < -0.3 is 10.1 Å². The molecule has 0 amide bonds. The van der Waals surface area contributed by atoms with Gasteiger partial charge in [0.1, 0.15) is 5.75 Å². The normalized spacial score (nSPS) is 16.6. The molecule has 1 aromatic carbocycles. The molecule has 0 heterocycles. The molecule has 1 saturated carbocycles. The van der Waals surface area contributed by atoms with Crippen molar-refractivity contribution < 1.29 is 4.74 Å². The van der Waals surface area contributed by atoms with E-state index in [2.05, 4.69) is 36.5 Å². The van der Waals surface area contributed by atoms with Crippen LogP contribution in [0, 0.1) is 5.92 Å². The van der Waals surface area contributed by atoms with Crippen molar-refractivity contribution in [2.75, 3.05) is 13.2 Å². The van der Waals surface area contributed by atoms with E-state index in [1.54, 1.807) is 0 Å². The van der Waals surface area contributed by atoms with Crippen LogP contribution in [-0.4, -0.2) is 19.2 Å². The van der Waals surface area contributed by atoms with Crippen LogP contribution < -0.4 is 10.1 Å². The first-order chi connectivity index (χ1) is 8.83. The SMILES string of the molecule is CCNC(CCc1ccc(OCC)cc1)C1CC1. The maximum atomic E-state index is 5.46. The molecule has 1 aromatic rings. The summed E-state index contributed by atoms with van der Waals surface area (Å²) in [4.78, 5) is 0. The van der Waals surface area contributed by atoms with Crippen molar-refractivity contribution in [3.05, 3.63) is 29.8 Å². The highest BCUT2D eigenvalue weighted by Gasteiger charge is 2.29. The Bertz CT molecular complexity index is 343. The molecule has 1 fully saturated rings. The van der Waals surface area contributed by atoms with Gasteiger partial charge >= 0.3 is 0 Å². The summed E-state index contributed by atoms with van der Waals surface area (Å²) in [6.07, 6.45) is 5.26. The van der Waals surface area contributed by atoms with Crippen LogP contribution in [0.2, 0.25) is 0 Å². The van der Waals surface area contributed by atoms with Gasteiger partial charge in [-0.15, -0.1) is 0 Å². The molecule has 0 saturated heterocycles. The van der Waals surface area contributed by atoms with Crippen LogP contribution in [0.1, 0.15) is 38.7 Å². The molecular weight excluding hydrogens is 222 g/mol. The van der Waals surface area contributed by atoms with Gasteiger partial charge in [-0.25, -0.2) is 0 Å². The zero-order valence-corrected chi connectivity index (χ0v) is 11.6. The van der Waals surface area contributed by atoms with Crippen LogP contribution in [0.25, 0.3) is 0 Å². The highest BCUT2D eigenvalue weighted by molar-refractivity contribution is 5.27. The van der Waals surface area contributed by atoms with Crippen molar-refractivity contribution in [1.29, 1.82) is 0 Å². The van der Waals surface area contributed by atoms with Crippen LogP contribution in [0.4, 0.5) is 0 Å². The maximum absolute atomic E-state index is 5.46. The highest BCUT2D eigenvalue weighted by atomic mass is 16.5. The van der Waals surface area contributed by atoms with Crippen LogP contribution in [0.5, 0.6) is 5.75 Å². The van der Waals surface area contributed by atoms with Crippen molar-refractivity contribution >= 4 is 0 Å². The zero-order valence-electron chi connectivity index (χ0n) is 11.6. The summed E-state index contributed by atoms with van der Waals surface area (Å²) in [5.41, 5.74) is 1.42. The Morgan fingerprint density at radius 2 is 1.94 bits per heavy atom. The number of nitrogens with one attached hydrogen (secondary N) is 1. The predicted molar refractivity (Wildman–Crippen MR) is 76.1 cm³/mol. The Morgan fingerprint density at radius 1 is 1.22 bits per heavy atom.